The van der Waals surface area contributed by atoms with Crippen molar-refractivity contribution >= 4 is 11.0 Å². The molecule has 0 unspecified atom stereocenters. The lowest BCUT2D eigenvalue weighted by molar-refractivity contribution is 0.172. The van der Waals surface area contributed by atoms with Crippen LogP contribution in [-0.4, -0.2) is 33.0 Å². The Morgan fingerprint density at radius 1 is 1.21 bits per heavy atom. The van der Waals surface area contributed by atoms with Crippen molar-refractivity contribution in [3.63, 3.8) is 0 Å². The summed E-state index contributed by atoms with van der Waals surface area (Å²) in [6, 6.07) is 5.74. The number of aromatic amines is 1. The van der Waals surface area contributed by atoms with Gasteiger partial charge in [0.05, 0.1) is 17.6 Å². The first-order chi connectivity index (χ1) is 9.38. The van der Waals surface area contributed by atoms with Gasteiger partial charge in [-0.2, -0.15) is 5.10 Å². The fourth-order valence-electron chi connectivity index (χ4n) is 2.22. The average molecular weight is 256 g/mol. The quantitative estimate of drug-likeness (QED) is 0.756. The minimum Gasteiger partial charge on any atom is -0.486 e. The highest BCUT2D eigenvalue weighted by atomic mass is 16.6. The summed E-state index contributed by atoms with van der Waals surface area (Å²) < 4.78 is 12.9. The van der Waals surface area contributed by atoms with E-state index in [0.717, 1.165) is 28.4 Å². The van der Waals surface area contributed by atoms with Crippen molar-refractivity contribution in [1.82, 2.24) is 19.7 Å². The van der Waals surface area contributed by atoms with Gasteiger partial charge in [0.2, 0.25) is 0 Å². The highest BCUT2D eigenvalue weighted by Crippen LogP contribution is 2.33. The van der Waals surface area contributed by atoms with E-state index in [9.17, 15) is 0 Å². The molecule has 6 nitrogen and oxygen atoms in total. The normalized spacial score (nSPS) is 13.9. The lowest BCUT2D eigenvalue weighted by Gasteiger charge is -2.17. The summed E-state index contributed by atoms with van der Waals surface area (Å²) in [5.41, 5.74) is 1.83. The summed E-state index contributed by atoms with van der Waals surface area (Å²) in [5, 5.41) is 4.17. The van der Waals surface area contributed by atoms with Crippen LogP contribution in [0.5, 0.6) is 11.5 Å². The van der Waals surface area contributed by atoms with Crippen molar-refractivity contribution in [2.24, 2.45) is 0 Å². The Morgan fingerprint density at radius 3 is 2.84 bits per heavy atom. The summed E-state index contributed by atoms with van der Waals surface area (Å²) in [6.07, 6.45) is 3.66. The van der Waals surface area contributed by atoms with Crippen LogP contribution in [0.15, 0.2) is 30.6 Å². The molecular weight excluding hydrogens is 244 g/mol. The molecule has 0 radical (unpaired) electrons. The predicted octanol–water partition coefficient (Wildman–Crippen LogP) is 1.58. The van der Waals surface area contributed by atoms with Gasteiger partial charge in [-0.15, -0.1) is 0 Å². The minimum atomic E-state index is 0.586. The van der Waals surface area contributed by atoms with E-state index in [1.807, 2.05) is 29.1 Å². The third kappa shape index (κ3) is 1.81. The van der Waals surface area contributed by atoms with Crippen LogP contribution in [0.1, 0.15) is 5.82 Å². The topological polar surface area (TPSA) is 65.0 Å². The number of imidazole rings is 1. The van der Waals surface area contributed by atoms with E-state index in [0.29, 0.717) is 19.8 Å². The Balaban J connectivity index is 1.74. The van der Waals surface area contributed by atoms with Gasteiger partial charge in [0.15, 0.2) is 11.5 Å². The molecule has 1 N–H and O–H groups in total. The Bertz CT molecular complexity index is 675. The van der Waals surface area contributed by atoms with E-state index in [1.165, 1.54) is 0 Å². The zero-order valence-electron chi connectivity index (χ0n) is 10.2. The highest BCUT2D eigenvalue weighted by molar-refractivity contribution is 5.79. The van der Waals surface area contributed by atoms with E-state index in [4.69, 9.17) is 9.47 Å². The lowest BCUT2D eigenvalue weighted by Crippen LogP contribution is -2.15. The SMILES string of the molecule is c1cnn(Cc2nc3cc4c(cc3[nH]2)OCCO4)c1. The molecule has 6 heteroatoms. The van der Waals surface area contributed by atoms with Crippen LogP contribution < -0.4 is 9.47 Å². The van der Waals surface area contributed by atoms with Gasteiger partial charge >= 0.3 is 0 Å². The monoisotopic (exact) mass is 256 g/mol. The molecule has 0 fully saturated rings. The molecule has 0 saturated carbocycles. The van der Waals surface area contributed by atoms with Crippen molar-refractivity contribution in [2.45, 2.75) is 6.54 Å². The fraction of sp³-hybridized carbons (Fsp3) is 0.231. The number of nitrogens with one attached hydrogen (secondary N) is 1. The second-order valence-electron chi connectivity index (χ2n) is 4.40. The molecular formula is C13H12N4O2. The largest absolute Gasteiger partial charge is 0.486 e. The maximum atomic E-state index is 5.56. The second-order valence-corrected chi connectivity index (χ2v) is 4.40. The summed E-state index contributed by atoms with van der Waals surface area (Å²) in [6.45, 7) is 1.80. The number of aromatic nitrogens is 4. The lowest BCUT2D eigenvalue weighted by atomic mass is 10.2. The number of nitrogens with zero attached hydrogens (tertiary/aromatic N) is 3. The summed E-state index contributed by atoms with van der Waals surface area (Å²) in [7, 11) is 0. The van der Waals surface area contributed by atoms with Crippen LogP contribution >= 0.6 is 0 Å². The molecule has 0 atom stereocenters. The summed E-state index contributed by atoms with van der Waals surface area (Å²) in [5.74, 6) is 2.39. The van der Waals surface area contributed by atoms with Gasteiger partial charge in [0, 0.05) is 24.5 Å². The molecule has 0 aliphatic carbocycles. The van der Waals surface area contributed by atoms with Gasteiger partial charge < -0.3 is 14.5 Å². The average Bonchev–Trinajstić information content (AvgIpc) is 3.05. The third-order valence-corrected chi connectivity index (χ3v) is 3.07. The fourth-order valence-corrected chi connectivity index (χ4v) is 2.22. The Morgan fingerprint density at radius 2 is 2.05 bits per heavy atom. The zero-order chi connectivity index (χ0) is 12.7. The highest BCUT2D eigenvalue weighted by Gasteiger charge is 2.14. The number of hydrogen-bond donors (Lipinski definition) is 1. The first-order valence-electron chi connectivity index (χ1n) is 6.14. The third-order valence-electron chi connectivity index (χ3n) is 3.07. The van der Waals surface area contributed by atoms with Crippen LogP contribution in [0, 0.1) is 0 Å². The standard InChI is InChI=1S/C13H12N4O2/c1-2-14-17(3-1)8-13-15-9-6-11-12(7-10(9)16-13)19-5-4-18-11/h1-3,6-7H,4-5,8H2,(H,15,16). The van der Waals surface area contributed by atoms with Gasteiger partial charge in [0.25, 0.3) is 0 Å². The summed E-state index contributed by atoms with van der Waals surface area (Å²) >= 11 is 0. The van der Waals surface area contributed by atoms with E-state index >= 15 is 0 Å². The van der Waals surface area contributed by atoms with Crippen molar-refractivity contribution in [1.29, 1.82) is 0 Å². The van der Waals surface area contributed by atoms with E-state index in [1.54, 1.807) is 6.20 Å². The van der Waals surface area contributed by atoms with Gasteiger partial charge in [-0.3, -0.25) is 4.68 Å². The van der Waals surface area contributed by atoms with Crippen molar-refractivity contribution in [2.75, 3.05) is 13.2 Å². The maximum absolute atomic E-state index is 5.56. The maximum Gasteiger partial charge on any atom is 0.163 e. The molecule has 1 aliphatic rings. The molecule has 4 rings (SSSR count). The van der Waals surface area contributed by atoms with Gasteiger partial charge in [-0.25, -0.2) is 4.98 Å². The number of hydrogen-bond acceptors (Lipinski definition) is 4. The van der Waals surface area contributed by atoms with Crippen LogP contribution in [-0.2, 0) is 6.54 Å². The number of H-pyrrole nitrogens is 1. The molecule has 19 heavy (non-hydrogen) atoms. The van der Waals surface area contributed by atoms with Gasteiger partial charge in [0.1, 0.15) is 19.0 Å². The molecule has 2 aromatic heterocycles. The Hall–Kier alpha value is -2.50. The van der Waals surface area contributed by atoms with Crippen molar-refractivity contribution < 1.29 is 9.47 Å². The van der Waals surface area contributed by atoms with E-state index in [-0.39, 0.29) is 0 Å². The van der Waals surface area contributed by atoms with Crippen LogP contribution in [0.4, 0.5) is 0 Å². The number of fused-ring (bicyclic) bond motifs is 2. The van der Waals surface area contributed by atoms with Crippen molar-refractivity contribution in [3.8, 4) is 11.5 Å². The Kier molecular flexibility index (Phi) is 2.20. The first-order valence-corrected chi connectivity index (χ1v) is 6.14. The van der Waals surface area contributed by atoms with Gasteiger partial charge in [-0.1, -0.05) is 0 Å². The molecule has 0 amide bonds. The second kappa shape index (κ2) is 4.01. The smallest absolute Gasteiger partial charge is 0.163 e. The minimum absolute atomic E-state index is 0.586. The number of benzene rings is 1. The zero-order valence-corrected chi connectivity index (χ0v) is 10.2. The van der Waals surface area contributed by atoms with Crippen LogP contribution in [0.25, 0.3) is 11.0 Å². The molecule has 3 aromatic rings. The Labute approximate surface area is 109 Å². The molecule has 0 bridgehead atoms. The van der Waals surface area contributed by atoms with Gasteiger partial charge in [-0.05, 0) is 6.07 Å². The van der Waals surface area contributed by atoms with Crippen LogP contribution in [0.2, 0.25) is 0 Å². The molecule has 1 aromatic carbocycles. The molecule has 3 heterocycles. The van der Waals surface area contributed by atoms with E-state index < -0.39 is 0 Å². The summed E-state index contributed by atoms with van der Waals surface area (Å²) in [4.78, 5) is 7.82. The molecule has 0 saturated heterocycles. The predicted molar refractivity (Wildman–Crippen MR) is 68.4 cm³/mol. The molecule has 0 spiro atoms. The van der Waals surface area contributed by atoms with Crippen LogP contribution in [0.3, 0.4) is 0 Å². The van der Waals surface area contributed by atoms with E-state index in [2.05, 4.69) is 15.1 Å². The number of ether oxygens (including phenoxy) is 2. The number of rotatable bonds is 2. The van der Waals surface area contributed by atoms with Crippen molar-refractivity contribution in [3.05, 3.63) is 36.4 Å². The molecule has 96 valence electrons. The molecule has 1 aliphatic heterocycles. The first kappa shape index (κ1) is 10.4.